The second-order valence-corrected chi connectivity index (χ2v) is 3.74. The summed E-state index contributed by atoms with van der Waals surface area (Å²) < 4.78 is 5.25. The van der Waals surface area contributed by atoms with E-state index in [1.807, 2.05) is 0 Å². The Morgan fingerprint density at radius 2 is 2.24 bits per heavy atom. The molecule has 2 N–H and O–H groups in total. The van der Waals surface area contributed by atoms with Gasteiger partial charge < -0.3 is 14.8 Å². The third kappa shape index (κ3) is 2.06. The van der Waals surface area contributed by atoms with Gasteiger partial charge in [0.2, 0.25) is 5.56 Å². The summed E-state index contributed by atoms with van der Waals surface area (Å²) in [5, 5.41) is 9.77. The van der Waals surface area contributed by atoms with Crippen molar-refractivity contribution in [1.29, 1.82) is 0 Å². The van der Waals surface area contributed by atoms with Gasteiger partial charge in [-0.25, -0.2) is 0 Å². The van der Waals surface area contributed by atoms with Gasteiger partial charge in [-0.1, -0.05) is 11.5 Å². The van der Waals surface area contributed by atoms with Gasteiger partial charge in [0.05, 0.1) is 7.11 Å². The molecule has 0 aliphatic carbocycles. The molecule has 0 atom stereocenters. The van der Waals surface area contributed by atoms with Crippen LogP contribution in [0.3, 0.4) is 0 Å². The molecule has 0 aliphatic heterocycles. The lowest BCUT2D eigenvalue weighted by Crippen LogP contribution is -2.15. The molecule has 2 radical (unpaired) electrons. The molecule has 0 aliphatic rings. The first kappa shape index (κ1) is 11.7. The highest BCUT2D eigenvalue weighted by molar-refractivity contribution is 6.38. The Labute approximate surface area is 99.6 Å². The maximum absolute atomic E-state index is 11.5. The van der Waals surface area contributed by atoms with Crippen LogP contribution in [0.1, 0.15) is 5.56 Å². The highest BCUT2D eigenvalue weighted by Crippen LogP contribution is 2.25. The van der Waals surface area contributed by atoms with Crippen molar-refractivity contribution in [3.05, 3.63) is 34.1 Å². The summed E-state index contributed by atoms with van der Waals surface area (Å²) in [5.41, 5.74) is 1.54. The Morgan fingerprint density at radius 3 is 2.88 bits per heavy atom. The molecule has 0 spiro atoms. The summed E-state index contributed by atoms with van der Waals surface area (Å²) in [7, 11) is 7.38. The quantitative estimate of drug-likeness (QED) is 0.720. The topological polar surface area (TPSA) is 62.3 Å². The molecule has 1 aromatic carbocycles. The molecule has 0 saturated heterocycles. The van der Waals surface area contributed by atoms with E-state index < -0.39 is 0 Å². The molecule has 0 unspecified atom stereocenters. The van der Waals surface area contributed by atoms with Crippen LogP contribution in [-0.2, 0) is 6.42 Å². The van der Waals surface area contributed by atoms with Crippen LogP contribution >= 0.6 is 0 Å². The average Bonchev–Trinajstić information content (AvgIpc) is 2.31. The lowest BCUT2D eigenvalue weighted by Gasteiger charge is -2.11. The standard InChI is InChI=1S/C12H12BNO3/c1-17-9-3-2-8(13)12-11(9)7(4-5-15)6-10(16)14-12/h2-3,6,15H,4-5H2,1H3,(H,14,16). The van der Waals surface area contributed by atoms with Crippen molar-refractivity contribution in [2.75, 3.05) is 13.7 Å². The first-order valence-electron chi connectivity index (χ1n) is 5.26. The molecular weight excluding hydrogens is 217 g/mol. The fraction of sp³-hybridized carbons (Fsp3) is 0.250. The number of methoxy groups -OCH3 is 1. The van der Waals surface area contributed by atoms with E-state index in [-0.39, 0.29) is 12.2 Å². The maximum Gasteiger partial charge on any atom is 0.248 e. The number of fused-ring (bicyclic) bond motifs is 1. The van der Waals surface area contributed by atoms with Gasteiger partial charge in [-0.15, -0.1) is 0 Å². The van der Waals surface area contributed by atoms with Crippen molar-refractivity contribution < 1.29 is 9.84 Å². The summed E-state index contributed by atoms with van der Waals surface area (Å²) >= 11 is 0. The largest absolute Gasteiger partial charge is 0.496 e. The number of aromatic nitrogens is 1. The number of nitrogens with one attached hydrogen (secondary N) is 1. The molecule has 1 aromatic heterocycles. The number of benzene rings is 1. The van der Waals surface area contributed by atoms with Crippen LogP contribution in [0.2, 0.25) is 0 Å². The van der Waals surface area contributed by atoms with Gasteiger partial charge in [-0.05, 0) is 18.1 Å². The van der Waals surface area contributed by atoms with Crippen molar-refractivity contribution in [3.8, 4) is 5.75 Å². The van der Waals surface area contributed by atoms with E-state index in [1.165, 1.54) is 6.07 Å². The minimum atomic E-state index is -0.235. The highest BCUT2D eigenvalue weighted by atomic mass is 16.5. The van der Waals surface area contributed by atoms with Gasteiger partial charge in [0.25, 0.3) is 0 Å². The fourth-order valence-corrected chi connectivity index (χ4v) is 1.93. The Hall–Kier alpha value is -1.75. The molecule has 86 valence electrons. The number of aliphatic hydroxyl groups excluding tert-OH is 1. The Balaban J connectivity index is 2.87. The van der Waals surface area contributed by atoms with Gasteiger partial charge in [0, 0.05) is 23.6 Å². The zero-order valence-corrected chi connectivity index (χ0v) is 9.49. The van der Waals surface area contributed by atoms with E-state index in [2.05, 4.69) is 4.98 Å². The highest BCUT2D eigenvalue weighted by Gasteiger charge is 2.10. The number of pyridine rings is 1. The molecule has 0 bridgehead atoms. The maximum atomic E-state index is 11.5. The number of aromatic amines is 1. The van der Waals surface area contributed by atoms with Crippen molar-refractivity contribution in [2.45, 2.75) is 6.42 Å². The number of ether oxygens (including phenoxy) is 1. The summed E-state index contributed by atoms with van der Waals surface area (Å²) in [6.07, 6.45) is 0.389. The van der Waals surface area contributed by atoms with Crippen LogP contribution in [0.4, 0.5) is 0 Å². The lowest BCUT2D eigenvalue weighted by atomic mass is 9.91. The smallest absolute Gasteiger partial charge is 0.248 e. The first-order valence-corrected chi connectivity index (χ1v) is 5.26. The van der Waals surface area contributed by atoms with E-state index in [1.54, 1.807) is 19.2 Å². The normalized spacial score (nSPS) is 10.7. The minimum Gasteiger partial charge on any atom is -0.496 e. The molecule has 2 aromatic rings. The van der Waals surface area contributed by atoms with Crippen molar-refractivity contribution >= 4 is 24.2 Å². The first-order chi connectivity index (χ1) is 8.17. The predicted octanol–water partition coefficient (Wildman–Crippen LogP) is -0.135. The molecule has 1 heterocycles. The van der Waals surface area contributed by atoms with Crippen LogP contribution in [-0.4, -0.2) is 31.7 Å². The molecule has 5 heteroatoms. The third-order valence-corrected chi connectivity index (χ3v) is 2.68. The van der Waals surface area contributed by atoms with E-state index in [0.29, 0.717) is 23.1 Å². The lowest BCUT2D eigenvalue weighted by molar-refractivity contribution is 0.300. The summed E-state index contributed by atoms with van der Waals surface area (Å²) in [5.74, 6) is 0.633. The van der Waals surface area contributed by atoms with Crippen molar-refractivity contribution in [2.24, 2.45) is 0 Å². The second-order valence-electron chi connectivity index (χ2n) is 3.74. The summed E-state index contributed by atoms with van der Waals surface area (Å²) in [6, 6.07) is 4.89. The molecule has 4 nitrogen and oxygen atoms in total. The number of hydrogen-bond donors (Lipinski definition) is 2. The molecule has 0 saturated carbocycles. The molecule has 17 heavy (non-hydrogen) atoms. The summed E-state index contributed by atoms with van der Waals surface area (Å²) in [4.78, 5) is 14.2. The third-order valence-electron chi connectivity index (χ3n) is 2.68. The van der Waals surface area contributed by atoms with Crippen molar-refractivity contribution in [1.82, 2.24) is 4.98 Å². The number of H-pyrrole nitrogens is 1. The number of hydrogen-bond acceptors (Lipinski definition) is 3. The Morgan fingerprint density at radius 1 is 1.47 bits per heavy atom. The van der Waals surface area contributed by atoms with Crippen LogP contribution < -0.4 is 15.8 Å². The van der Waals surface area contributed by atoms with Crippen LogP contribution in [0.15, 0.2) is 23.0 Å². The monoisotopic (exact) mass is 229 g/mol. The number of rotatable bonds is 3. The minimum absolute atomic E-state index is 0.0312. The Kier molecular flexibility index (Phi) is 3.20. The summed E-state index contributed by atoms with van der Waals surface area (Å²) in [6.45, 7) is -0.0312. The van der Waals surface area contributed by atoms with E-state index >= 15 is 0 Å². The van der Waals surface area contributed by atoms with Gasteiger partial charge in [0.1, 0.15) is 13.6 Å². The Bertz CT molecular complexity index is 606. The molecule has 0 amide bonds. The fourth-order valence-electron chi connectivity index (χ4n) is 1.93. The van der Waals surface area contributed by atoms with Crippen LogP contribution in [0.25, 0.3) is 10.9 Å². The predicted molar refractivity (Wildman–Crippen MR) is 67.3 cm³/mol. The molecule has 2 rings (SSSR count). The average molecular weight is 229 g/mol. The van der Waals surface area contributed by atoms with Crippen molar-refractivity contribution in [3.63, 3.8) is 0 Å². The molecule has 0 fully saturated rings. The van der Waals surface area contributed by atoms with Gasteiger partial charge in [-0.2, -0.15) is 0 Å². The van der Waals surface area contributed by atoms with Gasteiger partial charge in [0.15, 0.2) is 0 Å². The van der Waals surface area contributed by atoms with E-state index in [9.17, 15) is 4.79 Å². The molecular formula is C12H12BNO3. The van der Waals surface area contributed by atoms with E-state index in [0.717, 1.165) is 10.9 Å². The zero-order valence-electron chi connectivity index (χ0n) is 9.49. The SMILES string of the molecule is [B]c1ccc(OC)c2c(CCO)cc(=O)[nH]c12. The van der Waals surface area contributed by atoms with E-state index in [4.69, 9.17) is 17.7 Å². The van der Waals surface area contributed by atoms with Crippen LogP contribution in [0.5, 0.6) is 5.75 Å². The van der Waals surface area contributed by atoms with Gasteiger partial charge in [-0.3, -0.25) is 4.79 Å². The number of aliphatic hydroxyl groups is 1. The van der Waals surface area contributed by atoms with Gasteiger partial charge >= 0.3 is 0 Å². The second kappa shape index (κ2) is 4.63. The zero-order chi connectivity index (χ0) is 12.4. The van der Waals surface area contributed by atoms with Crippen LogP contribution in [0, 0.1) is 0 Å².